The van der Waals surface area contributed by atoms with Crippen molar-refractivity contribution in [2.24, 2.45) is 11.8 Å². The number of esters is 1. The van der Waals surface area contributed by atoms with Gasteiger partial charge in [-0.05, 0) is 19.8 Å². The molecule has 2 N–H and O–H groups in total. The van der Waals surface area contributed by atoms with Crippen molar-refractivity contribution >= 4 is 29.6 Å². The van der Waals surface area contributed by atoms with E-state index in [2.05, 4.69) is 0 Å². The highest BCUT2D eigenvalue weighted by Crippen LogP contribution is 2.53. The number of aliphatic hydroxyl groups is 1. The molecule has 8 nitrogen and oxygen atoms in total. The molecule has 0 aromatic carbocycles. The predicted octanol–water partition coefficient (Wildman–Crippen LogP) is 0.553. The van der Waals surface area contributed by atoms with Crippen molar-refractivity contribution in [2.45, 2.75) is 44.3 Å². The zero-order valence-electron chi connectivity index (χ0n) is 14.0. The number of carbonyl (C=O) groups is 3. The average Bonchev–Trinajstić information content (AvgIpc) is 3.17. The molecule has 3 aliphatic heterocycles. The molecule has 3 heterocycles. The lowest BCUT2D eigenvalue weighted by atomic mass is 9.85. The van der Waals surface area contributed by atoms with Gasteiger partial charge in [0.25, 0.3) is 0 Å². The summed E-state index contributed by atoms with van der Waals surface area (Å²) in [6.07, 6.45) is 0.501. The van der Waals surface area contributed by atoms with E-state index in [1.165, 1.54) is 23.6 Å². The van der Waals surface area contributed by atoms with E-state index in [9.17, 15) is 24.6 Å². The second-order valence-corrected chi connectivity index (χ2v) is 7.69. The van der Waals surface area contributed by atoms with E-state index in [-0.39, 0.29) is 24.3 Å². The lowest BCUT2D eigenvalue weighted by molar-refractivity contribution is -0.165. The molecule has 2 fully saturated rings. The number of carbonyl (C=O) groups excluding carboxylic acids is 2. The monoisotopic (exact) mass is 371 g/mol. The summed E-state index contributed by atoms with van der Waals surface area (Å²) in [7, 11) is 0. The highest BCUT2D eigenvalue weighted by Gasteiger charge is 2.60. The summed E-state index contributed by atoms with van der Waals surface area (Å²) in [5.74, 6) is -3.46. The molecule has 25 heavy (non-hydrogen) atoms. The number of carboxylic acids is 1. The van der Waals surface area contributed by atoms with Crippen LogP contribution in [0.15, 0.2) is 10.6 Å². The van der Waals surface area contributed by atoms with Gasteiger partial charge in [0.05, 0.1) is 29.4 Å². The number of fused-ring (bicyclic) bond motifs is 1. The summed E-state index contributed by atoms with van der Waals surface area (Å²) in [5.41, 5.74) is -0.0207. The van der Waals surface area contributed by atoms with Crippen molar-refractivity contribution < 1.29 is 34.1 Å². The van der Waals surface area contributed by atoms with Crippen LogP contribution in [0.25, 0.3) is 0 Å². The summed E-state index contributed by atoms with van der Waals surface area (Å²) in [6.45, 7) is 3.53. The number of hydrogen-bond acceptors (Lipinski definition) is 7. The summed E-state index contributed by atoms with van der Waals surface area (Å²) in [4.78, 5) is 38.1. The van der Waals surface area contributed by atoms with Gasteiger partial charge in [-0.2, -0.15) is 0 Å². The highest BCUT2D eigenvalue weighted by atomic mass is 32.2. The Morgan fingerprint density at radius 2 is 2.16 bits per heavy atom. The van der Waals surface area contributed by atoms with Crippen molar-refractivity contribution in [1.29, 1.82) is 0 Å². The Morgan fingerprint density at radius 1 is 1.44 bits per heavy atom. The van der Waals surface area contributed by atoms with Gasteiger partial charge in [0, 0.05) is 11.5 Å². The van der Waals surface area contributed by atoms with Crippen molar-refractivity contribution in [3.05, 3.63) is 10.6 Å². The molecule has 1 amide bonds. The van der Waals surface area contributed by atoms with Gasteiger partial charge >= 0.3 is 11.9 Å². The van der Waals surface area contributed by atoms with Crippen LogP contribution in [-0.2, 0) is 23.9 Å². The standard InChI is InChI=1S/C16H21NO7S/c1-7(18)6-24-16(22)8(2)10-13(19)17-11(15(20)21)12(25-14(10)17)9-4-3-5-23-9/h7-10,14,18H,3-6H2,1-2H3,(H,20,21)/t7-,8-,9-,10+,14-/m1/s1. The number of aliphatic hydroxyl groups excluding tert-OH is 1. The fourth-order valence-corrected chi connectivity index (χ4v) is 5.03. The average molecular weight is 371 g/mol. The van der Waals surface area contributed by atoms with Crippen LogP contribution >= 0.6 is 11.8 Å². The van der Waals surface area contributed by atoms with Gasteiger partial charge in [0.2, 0.25) is 5.91 Å². The van der Waals surface area contributed by atoms with E-state index >= 15 is 0 Å². The van der Waals surface area contributed by atoms with Crippen LogP contribution in [0.1, 0.15) is 26.7 Å². The van der Waals surface area contributed by atoms with Crippen molar-refractivity contribution in [1.82, 2.24) is 4.90 Å². The Balaban J connectivity index is 1.74. The molecule has 0 aromatic rings. The van der Waals surface area contributed by atoms with Crippen molar-refractivity contribution in [3.8, 4) is 0 Å². The number of rotatable bonds is 6. The van der Waals surface area contributed by atoms with Crippen LogP contribution < -0.4 is 0 Å². The smallest absolute Gasteiger partial charge is 0.353 e. The maximum atomic E-state index is 12.5. The van der Waals surface area contributed by atoms with E-state index in [0.717, 1.165) is 12.8 Å². The van der Waals surface area contributed by atoms with E-state index in [1.54, 1.807) is 6.92 Å². The van der Waals surface area contributed by atoms with Gasteiger partial charge in [-0.15, -0.1) is 0 Å². The van der Waals surface area contributed by atoms with Crippen LogP contribution in [-0.4, -0.2) is 63.8 Å². The molecular formula is C16H21NO7S. The molecule has 9 heteroatoms. The topological polar surface area (TPSA) is 113 Å². The highest BCUT2D eigenvalue weighted by molar-refractivity contribution is 8.04. The van der Waals surface area contributed by atoms with Crippen LogP contribution in [0.3, 0.4) is 0 Å². The first-order valence-corrected chi connectivity index (χ1v) is 9.14. The van der Waals surface area contributed by atoms with Gasteiger partial charge in [0.1, 0.15) is 12.3 Å². The number of thioether (sulfide) groups is 1. The van der Waals surface area contributed by atoms with Crippen LogP contribution in [0.4, 0.5) is 0 Å². The Kier molecular flexibility index (Phi) is 5.08. The molecule has 138 valence electrons. The van der Waals surface area contributed by atoms with Crippen LogP contribution in [0.5, 0.6) is 0 Å². The van der Waals surface area contributed by atoms with Gasteiger partial charge < -0.3 is 19.7 Å². The van der Waals surface area contributed by atoms with E-state index in [4.69, 9.17) is 9.47 Å². The van der Waals surface area contributed by atoms with E-state index in [1.807, 2.05) is 0 Å². The second kappa shape index (κ2) is 6.97. The number of amides is 1. The number of hydrogen-bond donors (Lipinski definition) is 2. The SMILES string of the molecule is C[C@@H](O)COC(=O)[C@H](C)[C@H]1C(=O)N2C(C(=O)O)=C([C@H]3CCCO3)S[C@H]12. The van der Waals surface area contributed by atoms with Crippen LogP contribution in [0.2, 0.25) is 0 Å². The molecule has 2 saturated heterocycles. The molecule has 0 unspecified atom stereocenters. The third-order valence-electron chi connectivity index (χ3n) is 4.61. The third kappa shape index (κ3) is 3.16. The quantitative estimate of drug-likeness (QED) is 0.514. The van der Waals surface area contributed by atoms with Crippen LogP contribution in [0, 0.1) is 11.8 Å². The molecule has 0 radical (unpaired) electrons. The Hall–Kier alpha value is -1.58. The fourth-order valence-electron chi connectivity index (χ4n) is 3.32. The molecule has 0 saturated carbocycles. The maximum Gasteiger partial charge on any atom is 0.353 e. The molecular weight excluding hydrogens is 350 g/mol. The van der Waals surface area contributed by atoms with Crippen molar-refractivity contribution in [2.75, 3.05) is 13.2 Å². The molecule has 0 aromatic heterocycles. The minimum absolute atomic E-state index is 0.0207. The van der Waals surface area contributed by atoms with E-state index in [0.29, 0.717) is 11.5 Å². The minimum atomic E-state index is -1.16. The number of β-lactam (4-membered cyclic amide) rings is 1. The molecule has 3 aliphatic rings. The first-order valence-electron chi connectivity index (χ1n) is 8.26. The molecule has 0 spiro atoms. The lowest BCUT2D eigenvalue weighted by Gasteiger charge is -2.44. The lowest BCUT2D eigenvalue weighted by Crippen LogP contribution is -2.60. The van der Waals surface area contributed by atoms with E-state index < -0.39 is 35.3 Å². The second-order valence-electron chi connectivity index (χ2n) is 6.53. The third-order valence-corrected chi connectivity index (χ3v) is 6.06. The Morgan fingerprint density at radius 3 is 2.72 bits per heavy atom. The number of ether oxygens (including phenoxy) is 2. The first kappa shape index (κ1) is 18.2. The molecule has 0 aliphatic carbocycles. The van der Waals surface area contributed by atoms with Gasteiger partial charge in [-0.25, -0.2) is 4.79 Å². The summed E-state index contributed by atoms with van der Waals surface area (Å²) < 4.78 is 10.6. The van der Waals surface area contributed by atoms with Crippen molar-refractivity contribution in [3.63, 3.8) is 0 Å². The Bertz CT molecular complexity index is 626. The molecule has 0 bridgehead atoms. The molecule has 3 rings (SSSR count). The zero-order chi connectivity index (χ0) is 18.3. The molecule has 5 atom stereocenters. The fraction of sp³-hybridized carbons (Fsp3) is 0.688. The number of carboxylic acid groups (broad SMARTS) is 1. The number of aliphatic carboxylic acids is 1. The predicted molar refractivity (Wildman–Crippen MR) is 87.2 cm³/mol. The normalized spacial score (nSPS) is 30.8. The summed E-state index contributed by atoms with van der Waals surface area (Å²) >= 11 is 1.30. The Labute approximate surface area is 149 Å². The largest absolute Gasteiger partial charge is 0.477 e. The summed E-state index contributed by atoms with van der Waals surface area (Å²) in [5, 5.41) is 18.3. The number of nitrogens with zero attached hydrogens (tertiary/aromatic N) is 1. The van der Waals surface area contributed by atoms with Gasteiger partial charge in [-0.3, -0.25) is 14.5 Å². The zero-order valence-corrected chi connectivity index (χ0v) is 14.8. The van der Waals surface area contributed by atoms with Gasteiger partial charge in [-0.1, -0.05) is 18.7 Å². The summed E-state index contributed by atoms with van der Waals surface area (Å²) in [6, 6.07) is 0. The maximum absolute atomic E-state index is 12.5. The first-order chi connectivity index (χ1) is 11.8. The van der Waals surface area contributed by atoms with Gasteiger partial charge in [0.15, 0.2) is 0 Å². The minimum Gasteiger partial charge on any atom is -0.477 e.